The van der Waals surface area contributed by atoms with Gasteiger partial charge in [0.2, 0.25) is 0 Å². The first-order chi connectivity index (χ1) is 13.8. The van der Waals surface area contributed by atoms with Crippen molar-refractivity contribution in [1.29, 1.82) is 0 Å². The lowest BCUT2D eigenvalue weighted by Gasteiger charge is -2.30. The van der Waals surface area contributed by atoms with Crippen LogP contribution in [0.5, 0.6) is 0 Å². The number of nitrogens with zero attached hydrogens (tertiary/aromatic N) is 2. The summed E-state index contributed by atoms with van der Waals surface area (Å²) in [4.78, 5) is 19.2. The number of benzene rings is 1. The molecule has 0 aromatic heterocycles. The predicted octanol–water partition coefficient (Wildman–Crippen LogP) is 3.00. The molecule has 2 rings (SSSR count). The lowest BCUT2D eigenvalue weighted by Crippen LogP contribution is -2.40. The number of hydrogen-bond acceptors (Lipinski definition) is 3. The Labute approximate surface area is 176 Å². The van der Waals surface area contributed by atoms with Gasteiger partial charge in [0.05, 0.1) is 0 Å². The summed E-state index contributed by atoms with van der Waals surface area (Å²) in [5.74, 6) is 1.63. The fraction of sp³-hybridized carbons (Fsp3) is 0.652. The maximum atomic E-state index is 12.4. The number of aliphatic imine (C=N–C) groups is 1. The van der Waals surface area contributed by atoms with E-state index in [2.05, 4.69) is 32.8 Å². The van der Waals surface area contributed by atoms with Gasteiger partial charge in [-0.25, -0.2) is 0 Å². The lowest BCUT2D eigenvalue weighted by molar-refractivity contribution is 0.0919. The van der Waals surface area contributed by atoms with Gasteiger partial charge in [0.15, 0.2) is 5.96 Å². The van der Waals surface area contributed by atoms with Gasteiger partial charge in [0.1, 0.15) is 0 Å². The van der Waals surface area contributed by atoms with E-state index in [-0.39, 0.29) is 11.4 Å². The number of hydrogen-bond donors (Lipinski definition) is 3. The summed E-state index contributed by atoms with van der Waals surface area (Å²) in [5, 5.41) is 9.73. The SMILES string of the molecule is CN=C(NCCCN1CCC(C)CC1)NCc1cccc(C(=O)NC(C)(C)C)c1. The van der Waals surface area contributed by atoms with Gasteiger partial charge in [-0.2, -0.15) is 0 Å². The summed E-state index contributed by atoms with van der Waals surface area (Å²) in [6.45, 7) is 13.4. The Bertz CT molecular complexity index is 672. The van der Waals surface area contributed by atoms with Crippen LogP contribution in [0.1, 0.15) is 62.9 Å². The van der Waals surface area contributed by atoms with Crippen LogP contribution in [0.4, 0.5) is 0 Å². The Morgan fingerprint density at radius 3 is 2.59 bits per heavy atom. The van der Waals surface area contributed by atoms with Crippen LogP contribution >= 0.6 is 0 Å². The number of carbonyl (C=O) groups excluding carboxylic acids is 1. The molecule has 0 spiro atoms. The average molecular weight is 402 g/mol. The lowest BCUT2D eigenvalue weighted by atomic mass is 9.99. The zero-order chi connectivity index (χ0) is 21.3. The van der Waals surface area contributed by atoms with E-state index >= 15 is 0 Å². The van der Waals surface area contributed by atoms with E-state index in [4.69, 9.17) is 0 Å². The molecule has 1 heterocycles. The second-order valence-electron chi connectivity index (χ2n) is 9.13. The van der Waals surface area contributed by atoms with E-state index in [1.165, 1.54) is 25.9 Å². The summed E-state index contributed by atoms with van der Waals surface area (Å²) in [6.07, 6.45) is 3.75. The molecule has 0 unspecified atom stereocenters. The Hall–Kier alpha value is -2.08. The van der Waals surface area contributed by atoms with Gasteiger partial charge >= 0.3 is 0 Å². The van der Waals surface area contributed by atoms with Crippen LogP contribution in [0.3, 0.4) is 0 Å². The van der Waals surface area contributed by atoms with E-state index in [1.807, 2.05) is 45.0 Å². The van der Waals surface area contributed by atoms with Crippen LogP contribution < -0.4 is 16.0 Å². The quantitative estimate of drug-likeness (QED) is 0.373. The highest BCUT2D eigenvalue weighted by Crippen LogP contribution is 2.15. The van der Waals surface area contributed by atoms with Gasteiger partial charge in [-0.05, 0) is 83.3 Å². The second-order valence-corrected chi connectivity index (χ2v) is 9.13. The number of guanidine groups is 1. The smallest absolute Gasteiger partial charge is 0.251 e. The molecule has 0 saturated carbocycles. The third-order valence-corrected chi connectivity index (χ3v) is 5.18. The van der Waals surface area contributed by atoms with Crippen molar-refractivity contribution in [2.24, 2.45) is 10.9 Å². The molecule has 1 amide bonds. The van der Waals surface area contributed by atoms with Gasteiger partial charge in [0, 0.05) is 31.2 Å². The molecule has 0 atom stereocenters. The minimum atomic E-state index is -0.246. The minimum Gasteiger partial charge on any atom is -0.356 e. The van der Waals surface area contributed by atoms with Gasteiger partial charge in [-0.1, -0.05) is 19.1 Å². The van der Waals surface area contributed by atoms with Gasteiger partial charge in [0.25, 0.3) is 5.91 Å². The van der Waals surface area contributed by atoms with E-state index in [9.17, 15) is 4.79 Å². The first-order valence-electron chi connectivity index (χ1n) is 10.8. The van der Waals surface area contributed by atoms with Crippen LogP contribution in [-0.4, -0.2) is 55.5 Å². The summed E-state index contributed by atoms with van der Waals surface area (Å²) in [7, 11) is 1.79. The van der Waals surface area contributed by atoms with Crippen molar-refractivity contribution in [3.63, 3.8) is 0 Å². The Balaban J connectivity index is 1.73. The Morgan fingerprint density at radius 1 is 1.21 bits per heavy atom. The van der Waals surface area contributed by atoms with Crippen LogP contribution in [0.25, 0.3) is 0 Å². The Kier molecular flexibility index (Phi) is 8.96. The van der Waals surface area contributed by atoms with Crippen molar-refractivity contribution in [2.45, 2.75) is 59.0 Å². The van der Waals surface area contributed by atoms with Crippen molar-refractivity contribution in [3.8, 4) is 0 Å². The number of likely N-dealkylation sites (tertiary alicyclic amines) is 1. The van der Waals surface area contributed by atoms with Crippen molar-refractivity contribution >= 4 is 11.9 Å². The molecule has 3 N–H and O–H groups in total. The van der Waals surface area contributed by atoms with E-state index < -0.39 is 0 Å². The van der Waals surface area contributed by atoms with Gasteiger partial charge in [-0.15, -0.1) is 0 Å². The topological polar surface area (TPSA) is 68.8 Å². The largest absolute Gasteiger partial charge is 0.356 e. The van der Waals surface area contributed by atoms with Crippen molar-refractivity contribution in [1.82, 2.24) is 20.9 Å². The van der Waals surface area contributed by atoms with Crippen molar-refractivity contribution < 1.29 is 4.79 Å². The number of amides is 1. The molecule has 0 bridgehead atoms. The maximum Gasteiger partial charge on any atom is 0.251 e. The molecule has 0 aliphatic carbocycles. The molecule has 1 aliphatic rings. The molecule has 1 fully saturated rings. The summed E-state index contributed by atoms with van der Waals surface area (Å²) < 4.78 is 0. The molecule has 1 saturated heterocycles. The second kappa shape index (κ2) is 11.2. The molecular formula is C23H39N5O. The molecule has 6 nitrogen and oxygen atoms in total. The predicted molar refractivity (Wildman–Crippen MR) is 121 cm³/mol. The van der Waals surface area contributed by atoms with Crippen molar-refractivity contribution in [2.75, 3.05) is 33.2 Å². The van der Waals surface area contributed by atoms with Gasteiger partial charge < -0.3 is 20.9 Å². The zero-order valence-corrected chi connectivity index (χ0v) is 18.8. The van der Waals surface area contributed by atoms with Crippen LogP contribution in [-0.2, 0) is 6.54 Å². The molecule has 1 aliphatic heterocycles. The van der Waals surface area contributed by atoms with Crippen LogP contribution in [0, 0.1) is 5.92 Å². The normalized spacial score (nSPS) is 16.5. The standard InChI is InChI=1S/C23H39N5O/c1-18-10-14-28(15-11-18)13-7-12-25-22(24-5)26-17-19-8-6-9-20(16-19)21(29)27-23(2,3)4/h6,8-9,16,18H,7,10-15,17H2,1-5H3,(H,27,29)(H2,24,25,26). The van der Waals surface area contributed by atoms with E-state index in [0.29, 0.717) is 12.1 Å². The van der Waals surface area contributed by atoms with Crippen molar-refractivity contribution in [3.05, 3.63) is 35.4 Å². The zero-order valence-electron chi connectivity index (χ0n) is 18.8. The molecule has 162 valence electrons. The first kappa shape index (κ1) is 23.2. The Morgan fingerprint density at radius 2 is 1.93 bits per heavy atom. The van der Waals surface area contributed by atoms with E-state index in [0.717, 1.165) is 37.0 Å². The molecular weight excluding hydrogens is 362 g/mol. The highest BCUT2D eigenvalue weighted by atomic mass is 16.1. The summed E-state index contributed by atoms with van der Waals surface area (Å²) in [5.41, 5.74) is 1.49. The number of carbonyl (C=O) groups is 1. The third-order valence-electron chi connectivity index (χ3n) is 5.18. The molecule has 29 heavy (non-hydrogen) atoms. The highest BCUT2D eigenvalue weighted by Gasteiger charge is 2.16. The average Bonchev–Trinajstić information content (AvgIpc) is 2.68. The maximum absolute atomic E-state index is 12.4. The number of rotatable bonds is 7. The number of nitrogens with one attached hydrogen (secondary N) is 3. The number of piperidine rings is 1. The van der Waals surface area contributed by atoms with Crippen LogP contribution in [0.15, 0.2) is 29.3 Å². The third kappa shape index (κ3) is 8.86. The fourth-order valence-electron chi connectivity index (χ4n) is 3.44. The molecule has 1 aromatic rings. The van der Waals surface area contributed by atoms with Gasteiger partial charge in [-0.3, -0.25) is 9.79 Å². The minimum absolute atomic E-state index is 0.0473. The summed E-state index contributed by atoms with van der Waals surface area (Å²) >= 11 is 0. The molecule has 1 aromatic carbocycles. The monoisotopic (exact) mass is 401 g/mol. The summed E-state index contributed by atoms with van der Waals surface area (Å²) in [6, 6.07) is 7.72. The van der Waals surface area contributed by atoms with Crippen LogP contribution in [0.2, 0.25) is 0 Å². The molecule has 0 radical (unpaired) electrons. The first-order valence-corrected chi connectivity index (χ1v) is 10.8. The highest BCUT2D eigenvalue weighted by molar-refractivity contribution is 5.94. The van der Waals surface area contributed by atoms with E-state index in [1.54, 1.807) is 7.05 Å². The molecule has 6 heteroatoms. The fourth-order valence-corrected chi connectivity index (χ4v) is 3.44.